The van der Waals surface area contributed by atoms with Crippen LogP contribution in [0.5, 0.6) is 0 Å². The van der Waals surface area contributed by atoms with Crippen molar-refractivity contribution < 1.29 is 17.7 Å². The molecule has 6 heteroatoms. The molecule has 190 valence electrons. The van der Waals surface area contributed by atoms with Crippen LogP contribution in [0.2, 0.25) is 0 Å². The van der Waals surface area contributed by atoms with Crippen LogP contribution in [0, 0.1) is 5.82 Å². The minimum atomic E-state index is -3.73. The predicted molar refractivity (Wildman–Crippen MR) is 142 cm³/mol. The van der Waals surface area contributed by atoms with E-state index in [0.717, 1.165) is 31.6 Å². The van der Waals surface area contributed by atoms with Crippen molar-refractivity contribution in [3.05, 3.63) is 94.8 Å². The normalized spacial score (nSPS) is 19.3. The first-order chi connectivity index (χ1) is 17.0. The van der Waals surface area contributed by atoms with Gasteiger partial charge < -0.3 is 4.90 Å². The molecule has 4 nitrogen and oxygen atoms in total. The summed E-state index contributed by atoms with van der Waals surface area (Å²) in [7, 11) is -3.73. The van der Waals surface area contributed by atoms with Crippen LogP contribution in [0.15, 0.2) is 71.6 Å². The van der Waals surface area contributed by atoms with Gasteiger partial charge in [-0.05, 0) is 71.3 Å². The van der Waals surface area contributed by atoms with Crippen molar-refractivity contribution in [2.24, 2.45) is 0 Å². The van der Waals surface area contributed by atoms with Crippen LogP contribution in [0.4, 0.5) is 10.1 Å². The van der Waals surface area contributed by atoms with Crippen LogP contribution in [0.3, 0.4) is 0 Å². The van der Waals surface area contributed by atoms with Crippen LogP contribution < -0.4 is 9.62 Å². The molecule has 36 heavy (non-hydrogen) atoms. The smallest absolute Gasteiger partial charge is 0.261 e. The van der Waals surface area contributed by atoms with Gasteiger partial charge in [-0.25, -0.2) is 12.8 Å². The second kappa shape index (κ2) is 9.31. The average Bonchev–Trinajstić information content (AvgIpc) is 2.82. The maximum Gasteiger partial charge on any atom is 0.261 e. The van der Waals surface area contributed by atoms with E-state index >= 15 is 0 Å². The number of quaternary nitrogens is 1. The Kier molecular flexibility index (Phi) is 6.46. The largest absolute Gasteiger partial charge is 0.330 e. The molecule has 3 aromatic rings. The van der Waals surface area contributed by atoms with Gasteiger partial charge in [-0.2, -0.15) is 0 Å². The molecule has 2 N–H and O–H groups in total. The minimum Gasteiger partial charge on any atom is -0.330 e. The third-order valence-electron chi connectivity index (χ3n) is 8.04. The van der Waals surface area contributed by atoms with Gasteiger partial charge in [0.15, 0.2) is 0 Å². The summed E-state index contributed by atoms with van der Waals surface area (Å²) in [5.74, 6) is -0.399. The SMILES string of the molecule is CC(C)(C)c1ccc(C2(C[NH+]3CCc4cc(S(=O)(=O)Nc5ccc(F)cc5)ccc4C3)CCC2)cc1. The summed E-state index contributed by atoms with van der Waals surface area (Å²) in [6, 6.07) is 20.1. The Balaban J connectivity index is 1.29. The fourth-order valence-corrected chi connectivity index (χ4v) is 6.81. The molecule has 0 saturated heterocycles. The first kappa shape index (κ1) is 25.0. The van der Waals surface area contributed by atoms with Gasteiger partial charge in [0.05, 0.1) is 18.0 Å². The lowest BCUT2D eigenvalue weighted by atomic mass is 9.63. The van der Waals surface area contributed by atoms with Crippen molar-refractivity contribution in [1.29, 1.82) is 0 Å². The van der Waals surface area contributed by atoms with Crippen LogP contribution in [-0.2, 0) is 33.8 Å². The van der Waals surface area contributed by atoms with Crippen LogP contribution >= 0.6 is 0 Å². The monoisotopic (exact) mass is 507 g/mol. The van der Waals surface area contributed by atoms with Crippen molar-refractivity contribution in [2.45, 2.75) is 68.7 Å². The second-order valence-corrected chi connectivity index (χ2v) is 13.3. The van der Waals surface area contributed by atoms with Gasteiger partial charge in [-0.1, -0.05) is 57.5 Å². The van der Waals surface area contributed by atoms with E-state index in [0.29, 0.717) is 5.69 Å². The van der Waals surface area contributed by atoms with E-state index in [1.54, 1.807) is 11.0 Å². The first-order valence-electron chi connectivity index (χ1n) is 12.9. The minimum absolute atomic E-state index is 0.161. The van der Waals surface area contributed by atoms with Crippen LogP contribution in [-0.4, -0.2) is 21.5 Å². The molecule has 5 rings (SSSR count). The number of rotatable bonds is 6. The highest BCUT2D eigenvalue weighted by Gasteiger charge is 2.43. The van der Waals surface area contributed by atoms with Crippen LogP contribution in [0.25, 0.3) is 0 Å². The lowest BCUT2D eigenvalue weighted by Gasteiger charge is -2.44. The number of hydrogen-bond acceptors (Lipinski definition) is 2. The third kappa shape index (κ3) is 5.07. The van der Waals surface area contributed by atoms with Gasteiger partial charge in [-0.15, -0.1) is 0 Å². The summed E-state index contributed by atoms with van der Waals surface area (Å²) < 4.78 is 41.5. The Morgan fingerprint density at radius 2 is 1.64 bits per heavy atom. The Hall–Kier alpha value is -2.70. The van der Waals surface area contributed by atoms with E-state index in [4.69, 9.17) is 0 Å². The van der Waals surface area contributed by atoms with Crippen molar-refractivity contribution in [3.63, 3.8) is 0 Å². The molecule has 1 heterocycles. The Bertz CT molecular complexity index is 1340. The highest BCUT2D eigenvalue weighted by molar-refractivity contribution is 7.92. The van der Waals surface area contributed by atoms with Gasteiger partial charge in [0.2, 0.25) is 0 Å². The number of hydrogen-bond donors (Lipinski definition) is 2. The van der Waals surface area contributed by atoms with Gasteiger partial charge in [0.1, 0.15) is 12.4 Å². The van der Waals surface area contributed by atoms with E-state index in [-0.39, 0.29) is 15.7 Å². The summed E-state index contributed by atoms with van der Waals surface area (Å²) in [6.45, 7) is 9.81. The molecule has 2 aliphatic rings. The molecule has 1 aliphatic carbocycles. The summed E-state index contributed by atoms with van der Waals surface area (Å²) in [5.41, 5.74) is 5.95. The van der Waals surface area contributed by atoms with Gasteiger partial charge in [-0.3, -0.25) is 4.72 Å². The standard InChI is InChI=1S/C30H35FN2O2S/c1-29(2,3)24-6-8-25(9-7-24)30(16-4-17-30)21-33-18-15-22-19-28(14-5-23(22)20-33)36(34,35)32-27-12-10-26(31)11-13-27/h5-14,19,32H,4,15-18,20-21H2,1-3H3/p+1. The number of benzene rings is 3. The second-order valence-electron chi connectivity index (χ2n) is 11.6. The number of nitrogens with one attached hydrogen (secondary N) is 2. The fraction of sp³-hybridized carbons (Fsp3) is 0.400. The maximum atomic E-state index is 13.2. The highest BCUT2D eigenvalue weighted by Crippen LogP contribution is 2.43. The Morgan fingerprint density at radius 3 is 2.25 bits per heavy atom. The zero-order valence-electron chi connectivity index (χ0n) is 21.4. The van der Waals surface area contributed by atoms with Crippen LogP contribution in [0.1, 0.15) is 62.3 Å². The molecule has 3 aromatic carbocycles. The summed E-state index contributed by atoms with van der Waals surface area (Å²) >= 11 is 0. The van der Waals surface area contributed by atoms with E-state index in [2.05, 4.69) is 49.8 Å². The molecular weight excluding hydrogens is 471 g/mol. The van der Waals surface area contributed by atoms with Gasteiger partial charge in [0, 0.05) is 23.1 Å². The summed E-state index contributed by atoms with van der Waals surface area (Å²) in [4.78, 5) is 1.82. The fourth-order valence-electron chi connectivity index (χ4n) is 5.70. The molecule has 1 atom stereocenters. The molecule has 1 unspecified atom stereocenters. The molecule has 1 fully saturated rings. The first-order valence-corrected chi connectivity index (χ1v) is 14.4. The highest BCUT2D eigenvalue weighted by atomic mass is 32.2. The number of halogens is 1. The molecule has 0 amide bonds. The quantitative estimate of drug-likeness (QED) is 0.494. The molecule has 1 saturated carbocycles. The van der Waals surface area contributed by atoms with E-state index < -0.39 is 15.8 Å². The molecule has 0 aromatic heterocycles. The maximum absolute atomic E-state index is 13.2. The zero-order chi connectivity index (χ0) is 25.6. The van der Waals surface area contributed by atoms with Crippen molar-refractivity contribution in [2.75, 3.05) is 17.8 Å². The molecule has 0 bridgehead atoms. The zero-order valence-corrected chi connectivity index (χ0v) is 22.2. The van der Waals surface area contributed by atoms with E-state index in [1.807, 2.05) is 12.1 Å². The van der Waals surface area contributed by atoms with Crippen molar-refractivity contribution in [3.8, 4) is 0 Å². The van der Waals surface area contributed by atoms with E-state index in [1.165, 1.54) is 60.2 Å². The van der Waals surface area contributed by atoms with E-state index in [9.17, 15) is 12.8 Å². The van der Waals surface area contributed by atoms with Crippen molar-refractivity contribution >= 4 is 15.7 Å². The molecule has 0 radical (unpaired) electrons. The number of sulfonamides is 1. The third-order valence-corrected chi connectivity index (χ3v) is 9.41. The molecular formula is C30H36FN2O2S+. The summed E-state index contributed by atoms with van der Waals surface area (Å²) in [6.07, 6.45) is 4.63. The molecule has 1 aliphatic heterocycles. The predicted octanol–water partition coefficient (Wildman–Crippen LogP) is 4.99. The van der Waals surface area contributed by atoms with Gasteiger partial charge >= 0.3 is 0 Å². The molecule has 0 spiro atoms. The number of fused-ring (bicyclic) bond motifs is 1. The Morgan fingerprint density at radius 1 is 0.944 bits per heavy atom. The van der Waals surface area contributed by atoms with Crippen molar-refractivity contribution in [1.82, 2.24) is 0 Å². The lowest BCUT2D eigenvalue weighted by molar-refractivity contribution is -0.921. The number of anilines is 1. The lowest BCUT2D eigenvalue weighted by Crippen LogP contribution is -3.13. The average molecular weight is 508 g/mol. The topological polar surface area (TPSA) is 50.6 Å². The van der Waals surface area contributed by atoms with Gasteiger partial charge in [0.25, 0.3) is 10.0 Å². The summed E-state index contributed by atoms with van der Waals surface area (Å²) in [5, 5.41) is 0. The Labute approximate surface area is 214 Å².